The van der Waals surface area contributed by atoms with Gasteiger partial charge in [-0.25, -0.2) is 9.59 Å². The number of allylic oxidation sites excluding steroid dienone is 3. The molecule has 0 amide bonds. The van der Waals surface area contributed by atoms with E-state index >= 15 is 0 Å². The van der Waals surface area contributed by atoms with Crippen LogP contribution in [0.5, 0.6) is 0 Å². The number of carboxylic acid groups (broad SMARTS) is 1. The summed E-state index contributed by atoms with van der Waals surface area (Å²) in [7, 11) is 0. The fourth-order valence-corrected chi connectivity index (χ4v) is 16.8. The van der Waals surface area contributed by atoms with Gasteiger partial charge in [-0.1, -0.05) is 59.3 Å². The highest BCUT2D eigenvalue weighted by Crippen LogP contribution is 2.76. The number of carboxylic acids is 1. The van der Waals surface area contributed by atoms with E-state index in [1.807, 2.05) is 20.8 Å². The molecule has 0 aromatic heterocycles. The van der Waals surface area contributed by atoms with Gasteiger partial charge in [0.1, 0.15) is 91.6 Å². The normalized spacial score (nSPS) is 52.7. The molecule has 2 unspecified atom stereocenters. The Bertz CT molecular complexity index is 2390. The number of aliphatic carboxylic acids is 1. The van der Waals surface area contributed by atoms with Gasteiger partial charge in [0.25, 0.3) is 0 Å². The minimum absolute atomic E-state index is 0.0901. The van der Waals surface area contributed by atoms with Crippen LogP contribution in [0, 0.1) is 50.2 Å². The summed E-state index contributed by atoms with van der Waals surface area (Å²) >= 11 is 0. The van der Waals surface area contributed by atoms with Crippen LogP contribution in [0.1, 0.15) is 100 Å². The van der Waals surface area contributed by atoms with E-state index in [4.69, 9.17) is 42.6 Å². The molecule has 26 nitrogen and oxygen atoms in total. The number of hydrogen-bond donors (Lipinski definition) is 15. The van der Waals surface area contributed by atoms with Crippen molar-refractivity contribution in [2.45, 2.75) is 235 Å². The van der Waals surface area contributed by atoms with E-state index in [2.05, 4.69) is 26.8 Å². The van der Waals surface area contributed by atoms with Gasteiger partial charge < -0.3 is 119 Å². The van der Waals surface area contributed by atoms with Crippen molar-refractivity contribution in [3.05, 3.63) is 23.3 Å². The van der Waals surface area contributed by atoms with E-state index in [-0.39, 0.29) is 24.7 Å². The Morgan fingerprint density at radius 2 is 1.29 bits per heavy atom. The summed E-state index contributed by atoms with van der Waals surface area (Å²) in [6, 6.07) is 0. The molecule has 0 aromatic carbocycles. The van der Waals surface area contributed by atoms with Gasteiger partial charge in [-0.15, -0.1) is 0 Å². The van der Waals surface area contributed by atoms with Crippen molar-refractivity contribution in [3.8, 4) is 0 Å². The maximum atomic E-state index is 13.2. The monoisotopic (exact) mass is 1190 g/mol. The first-order valence-electron chi connectivity index (χ1n) is 29.1. The van der Waals surface area contributed by atoms with Crippen molar-refractivity contribution in [3.63, 3.8) is 0 Å². The lowest BCUT2D eigenvalue weighted by Gasteiger charge is -2.72. The predicted octanol–water partition coefficient (Wildman–Crippen LogP) is -2.79. The van der Waals surface area contributed by atoms with Crippen molar-refractivity contribution in [2.24, 2.45) is 50.2 Å². The molecule has 8 fully saturated rings. The zero-order valence-corrected chi connectivity index (χ0v) is 48.3. The third-order valence-corrected chi connectivity index (χ3v) is 22.1. The molecule has 4 saturated heterocycles. The van der Waals surface area contributed by atoms with Crippen molar-refractivity contribution in [1.29, 1.82) is 0 Å². The average molecular weight is 1190 g/mol. The van der Waals surface area contributed by atoms with Crippen molar-refractivity contribution in [1.82, 2.24) is 0 Å². The Morgan fingerprint density at radius 3 is 1.92 bits per heavy atom. The minimum Gasteiger partial charge on any atom is -0.479 e. The molecule has 474 valence electrons. The molecule has 30 atom stereocenters. The topological polar surface area (TPSA) is 421 Å². The fraction of sp³-hybridized carbons (Fsp3) is 0.895. The average Bonchev–Trinajstić information content (AvgIpc) is 0.730. The Labute approximate surface area is 481 Å². The van der Waals surface area contributed by atoms with Crippen LogP contribution in [0.2, 0.25) is 0 Å². The number of hydrogen-bond acceptors (Lipinski definition) is 25. The lowest BCUT2D eigenvalue weighted by atomic mass is 9.33. The number of esters is 1. The molecule has 9 rings (SSSR count). The van der Waals surface area contributed by atoms with E-state index < -0.39 is 218 Å². The van der Waals surface area contributed by atoms with Crippen LogP contribution in [0.25, 0.3) is 0 Å². The molecular formula is C57H90O26. The summed E-state index contributed by atoms with van der Waals surface area (Å²) in [6.45, 7) is 12.5. The lowest BCUT2D eigenvalue weighted by Crippen LogP contribution is -2.72. The van der Waals surface area contributed by atoms with Crippen LogP contribution in [0.4, 0.5) is 0 Å². The summed E-state index contributed by atoms with van der Waals surface area (Å²) in [5.74, 6) is -3.24. The van der Waals surface area contributed by atoms with Crippen LogP contribution in [0.15, 0.2) is 23.3 Å². The number of carbonyl (C=O) groups is 2. The molecule has 4 aliphatic heterocycles. The third kappa shape index (κ3) is 10.5. The molecule has 0 aromatic rings. The third-order valence-electron chi connectivity index (χ3n) is 22.1. The summed E-state index contributed by atoms with van der Waals surface area (Å²) in [6.07, 6.45) is -32.2. The SMILES string of the molecule is C/C=C(/C)C(=O)O[C@H]1[C@H](O)[C@]2(CO)[C@H](O)C[C@]3(C)C(=CC[C@@H]4[C@@]5(C)CC[C@H](OC6O[C@H](C(=O)O)[C@@H](O)[C@H](O[C@@H]7OC[C@H](O)[C@H](O)C7O[C@@H]7OC[C@@H](O)[C@H](O)[C@H]7O)[C@H]6O[C@@H]6O[C@H](CO)[C@H](O)[C@H](O)[C@H]6O)[C@@](C)(CO)[C@@H]5CC[C@]43C)[C@@H]2CC1(C)C. The van der Waals surface area contributed by atoms with Crippen LogP contribution in [0.3, 0.4) is 0 Å². The molecule has 5 aliphatic carbocycles. The van der Waals surface area contributed by atoms with E-state index in [1.165, 1.54) is 0 Å². The number of rotatable bonds is 14. The summed E-state index contributed by atoms with van der Waals surface area (Å²) in [4.78, 5) is 26.3. The molecular weight excluding hydrogens is 1100 g/mol. The van der Waals surface area contributed by atoms with Gasteiger partial charge in [-0.2, -0.15) is 0 Å². The van der Waals surface area contributed by atoms with Crippen LogP contribution in [-0.4, -0.2) is 257 Å². The first-order valence-corrected chi connectivity index (χ1v) is 29.1. The number of fused-ring (bicyclic) bond motifs is 7. The Balaban J connectivity index is 1.04. The van der Waals surface area contributed by atoms with Crippen molar-refractivity contribution >= 4 is 11.9 Å². The van der Waals surface area contributed by atoms with Gasteiger partial charge in [0.05, 0.1) is 50.7 Å². The number of aliphatic hydroxyl groups excluding tert-OH is 14. The largest absolute Gasteiger partial charge is 0.479 e. The second-order valence-electron chi connectivity index (χ2n) is 26.9. The fourth-order valence-electron chi connectivity index (χ4n) is 16.8. The second kappa shape index (κ2) is 23.8. The highest BCUT2D eigenvalue weighted by atomic mass is 16.8. The Hall–Kier alpha value is -2.46. The van der Waals surface area contributed by atoms with Gasteiger partial charge in [-0.05, 0) is 92.8 Å². The molecule has 26 heteroatoms. The van der Waals surface area contributed by atoms with Gasteiger partial charge in [-0.3, -0.25) is 0 Å². The van der Waals surface area contributed by atoms with Gasteiger partial charge in [0, 0.05) is 16.4 Å². The van der Waals surface area contributed by atoms with Crippen LogP contribution >= 0.6 is 0 Å². The molecule has 0 spiro atoms. The van der Waals surface area contributed by atoms with Crippen LogP contribution < -0.4 is 0 Å². The van der Waals surface area contributed by atoms with Crippen LogP contribution in [-0.2, 0) is 52.2 Å². The molecule has 83 heavy (non-hydrogen) atoms. The molecule has 4 saturated carbocycles. The highest BCUT2D eigenvalue weighted by Gasteiger charge is 2.73. The lowest BCUT2D eigenvalue weighted by molar-refractivity contribution is -0.400. The smallest absolute Gasteiger partial charge is 0.335 e. The quantitative estimate of drug-likeness (QED) is 0.0362. The van der Waals surface area contributed by atoms with Gasteiger partial charge in [0.15, 0.2) is 31.3 Å². The van der Waals surface area contributed by atoms with E-state index in [0.29, 0.717) is 37.7 Å². The maximum Gasteiger partial charge on any atom is 0.335 e. The van der Waals surface area contributed by atoms with Gasteiger partial charge in [0.2, 0.25) is 0 Å². The van der Waals surface area contributed by atoms with E-state index in [1.54, 1.807) is 19.9 Å². The van der Waals surface area contributed by atoms with Gasteiger partial charge >= 0.3 is 11.9 Å². The summed E-state index contributed by atoms with van der Waals surface area (Å²) in [5, 5.41) is 167. The molecule has 0 bridgehead atoms. The Kier molecular flexibility index (Phi) is 18.6. The zero-order chi connectivity index (χ0) is 61.0. The summed E-state index contributed by atoms with van der Waals surface area (Å²) < 4.78 is 54.3. The molecule has 0 radical (unpaired) electrons. The van der Waals surface area contributed by atoms with E-state index in [9.17, 15) is 86.2 Å². The standard InChI is InChI=1S/C57H90O26/c1-9-23(2)47(74)83-45-44(71)57(22-60)25(16-52(45,3)4)24-10-11-30-53(5)14-13-32(54(6,21-59)29(53)12-15-55(30,7)56(24,8)17-31(57)63)78-51-43(82-49-38(69)36(67)35(66)28(18-58)77-49)40(39(70)41(80-51)46(72)73)79-50-42(34(65)27(62)20-76-50)81-48-37(68)33(64)26(61)19-75-48/h9-10,25-45,48-51,58-71H,11-22H2,1-8H3,(H,72,73)/b23-9-/t25-,26+,27-,28+,29+,30+,31+,32-,33-,34-,35-,36-,37+,38+,39-,40-,41-,42?,43+,44-,45-,48-,49-,50-,51?,53-,54-,55+,56+,57-/m0/s1. The zero-order valence-electron chi connectivity index (χ0n) is 48.3. The molecule has 15 N–H and O–H groups in total. The molecule has 4 heterocycles. The highest BCUT2D eigenvalue weighted by molar-refractivity contribution is 5.87. The Morgan fingerprint density at radius 1 is 0.663 bits per heavy atom. The number of carbonyl (C=O) groups excluding carboxylic acids is 1. The summed E-state index contributed by atoms with van der Waals surface area (Å²) in [5.41, 5.74) is -3.80. The molecule has 9 aliphatic rings. The minimum atomic E-state index is -2.25. The predicted molar refractivity (Wildman–Crippen MR) is 280 cm³/mol. The first kappa shape index (κ1) is 65.0. The number of aliphatic hydroxyl groups is 14. The van der Waals surface area contributed by atoms with Crippen molar-refractivity contribution < 1.29 is 129 Å². The van der Waals surface area contributed by atoms with Crippen molar-refractivity contribution in [2.75, 3.05) is 33.0 Å². The first-order chi connectivity index (χ1) is 38.9. The second-order valence-corrected chi connectivity index (χ2v) is 26.9. The maximum absolute atomic E-state index is 13.2. The number of ether oxygens (including phenoxy) is 9. The van der Waals surface area contributed by atoms with E-state index in [0.717, 1.165) is 5.57 Å².